The Kier molecular flexibility index (Phi) is 3.79. The summed E-state index contributed by atoms with van der Waals surface area (Å²) in [4.78, 5) is 31.9. The number of carbonyl (C=O) groups is 1. The molecular formula is C13H19N3O2. The monoisotopic (exact) mass is 249 g/mol. The number of anilines is 1. The zero-order valence-corrected chi connectivity index (χ0v) is 10.8. The first kappa shape index (κ1) is 12.8. The average Bonchev–Trinajstić information content (AvgIpc) is 2.38. The fourth-order valence-corrected chi connectivity index (χ4v) is 2.27. The van der Waals surface area contributed by atoms with Gasteiger partial charge in [0.25, 0.3) is 5.56 Å². The number of aldehydes is 1. The molecule has 1 aliphatic heterocycles. The highest BCUT2D eigenvalue weighted by Crippen LogP contribution is 2.22. The predicted molar refractivity (Wildman–Crippen MR) is 70.0 cm³/mol. The van der Waals surface area contributed by atoms with Gasteiger partial charge in [-0.25, -0.2) is 4.98 Å². The van der Waals surface area contributed by atoms with Gasteiger partial charge < -0.3 is 14.7 Å². The number of rotatable bonds is 3. The molecule has 5 heteroatoms. The molecule has 1 fully saturated rings. The summed E-state index contributed by atoms with van der Waals surface area (Å²) in [6.07, 6.45) is 3.89. The van der Waals surface area contributed by atoms with E-state index >= 15 is 0 Å². The van der Waals surface area contributed by atoms with Crippen LogP contribution in [-0.4, -0.2) is 28.8 Å². The van der Waals surface area contributed by atoms with Gasteiger partial charge in [0.1, 0.15) is 17.9 Å². The summed E-state index contributed by atoms with van der Waals surface area (Å²) in [5.74, 6) is 1.46. The maximum Gasteiger partial charge on any atom is 0.252 e. The molecule has 0 aromatic carbocycles. The van der Waals surface area contributed by atoms with Gasteiger partial charge in [0.05, 0.1) is 6.04 Å². The van der Waals surface area contributed by atoms with E-state index in [1.165, 1.54) is 6.07 Å². The smallest absolute Gasteiger partial charge is 0.252 e. The second-order valence-corrected chi connectivity index (χ2v) is 5.04. The van der Waals surface area contributed by atoms with E-state index in [9.17, 15) is 9.59 Å². The number of nitrogens with zero attached hydrogens (tertiary/aromatic N) is 2. The Morgan fingerprint density at radius 1 is 1.50 bits per heavy atom. The Bertz CT molecular complexity index is 481. The van der Waals surface area contributed by atoms with Crippen LogP contribution in [0, 0.1) is 0 Å². The van der Waals surface area contributed by atoms with E-state index in [4.69, 9.17) is 0 Å². The predicted octanol–water partition coefficient (Wildman–Crippen LogP) is 1.45. The van der Waals surface area contributed by atoms with Crippen LogP contribution >= 0.6 is 0 Å². The topological polar surface area (TPSA) is 66.1 Å². The number of carbonyl (C=O) groups excluding carboxylic acids is 1. The summed E-state index contributed by atoms with van der Waals surface area (Å²) in [7, 11) is 0. The van der Waals surface area contributed by atoms with Crippen LogP contribution in [0.5, 0.6) is 0 Å². The second-order valence-electron chi connectivity index (χ2n) is 5.04. The Morgan fingerprint density at radius 3 is 2.94 bits per heavy atom. The highest BCUT2D eigenvalue weighted by molar-refractivity contribution is 5.65. The van der Waals surface area contributed by atoms with Crippen molar-refractivity contribution >= 4 is 12.1 Å². The number of hydrogen-bond donors (Lipinski definition) is 1. The molecule has 18 heavy (non-hydrogen) atoms. The van der Waals surface area contributed by atoms with Crippen LogP contribution < -0.4 is 10.5 Å². The van der Waals surface area contributed by atoms with Crippen LogP contribution in [0.1, 0.15) is 44.9 Å². The summed E-state index contributed by atoms with van der Waals surface area (Å²) >= 11 is 0. The highest BCUT2D eigenvalue weighted by atomic mass is 16.1. The third-order valence-electron chi connectivity index (χ3n) is 3.29. The van der Waals surface area contributed by atoms with E-state index in [0.717, 1.165) is 32.1 Å². The molecule has 1 unspecified atom stereocenters. The van der Waals surface area contributed by atoms with Crippen molar-refractivity contribution in [1.82, 2.24) is 9.97 Å². The first-order valence-corrected chi connectivity index (χ1v) is 6.45. The Morgan fingerprint density at radius 2 is 2.28 bits per heavy atom. The number of aromatic amines is 1. The lowest BCUT2D eigenvalue weighted by Gasteiger charge is -2.33. The molecule has 0 aliphatic carbocycles. The zero-order chi connectivity index (χ0) is 13.1. The zero-order valence-electron chi connectivity index (χ0n) is 10.8. The largest absolute Gasteiger partial charge is 0.347 e. The summed E-state index contributed by atoms with van der Waals surface area (Å²) < 4.78 is 0. The molecule has 1 aliphatic rings. The minimum absolute atomic E-state index is 0.145. The van der Waals surface area contributed by atoms with Gasteiger partial charge in [-0.3, -0.25) is 4.79 Å². The summed E-state index contributed by atoms with van der Waals surface area (Å²) in [6.45, 7) is 4.75. The lowest BCUT2D eigenvalue weighted by Crippen LogP contribution is -2.41. The maximum absolute atomic E-state index is 11.6. The van der Waals surface area contributed by atoms with Crippen molar-refractivity contribution in [2.45, 2.75) is 45.1 Å². The molecule has 1 aromatic rings. The highest BCUT2D eigenvalue weighted by Gasteiger charge is 2.23. The first-order valence-electron chi connectivity index (χ1n) is 6.45. The fourth-order valence-electron chi connectivity index (χ4n) is 2.27. The molecule has 1 atom stereocenters. The number of piperidine rings is 1. The number of aromatic nitrogens is 2. The Hall–Kier alpha value is -1.65. The molecule has 2 rings (SSSR count). The van der Waals surface area contributed by atoms with Crippen LogP contribution in [0.15, 0.2) is 10.9 Å². The van der Waals surface area contributed by atoms with E-state index < -0.39 is 0 Å². The minimum Gasteiger partial charge on any atom is -0.347 e. The molecular weight excluding hydrogens is 230 g/mol. The standard InChI is InChI=1S/C13H19N3O2/c1-9(2)13-14-11(7-12(18)15-13)16-6-4-3-5-10(16)8-17/h7-10H,3-6H2,1-2H3,(H,14,15,18). The number of hydrogen-bond acceptors (Lipinski definition) is 4. The molecule has 0 saturated carbocycles. The van der Waals surface area contributed by atoms with Crippen LogP contribution in [0.3, 0.4) is 0 Å². The van der Waals surface area contributed by atoms with Crippen LogP contribution in [0.25, 0.3) is 0 Å². The maximum atomic E-state index is 11.6. The molecule has 1 aromatic heterocycles. The second kappa shape index (κ2) is 5.33. The molecule has 0 bridgehead atoms. The van der Waals surface area contributed by atoms with Gasteiger partial charge in [-0.05, 0) is 19.3 Å². The van der Waals surface area contributed by atoms with Crippen molar-refractivity contribution in [2.24, 2.45) is 0 Å². The third-order valence-corrected chi connectivity index (χ3v) is 3.29. The first-order chi connectivity index (χ1) is 8.61. The lowest BCUT2D eigenvalue weighted by molar-refractivity contribution is -0.109. The molecule has 1 saturated heterocycles. The number of H-pyrrole nitrogens is 1. The van der Waals surface area contributed by atoms with E-state index in [0.29, 0.717) is 11.6 Å². The van der Waals surface area contributed by atoms with E-state index in [-0.39, 0.29) is 17.5 Å². The number of nitrogens with one attached hydrogen (secondary N) is 1. The SMILES string of the molecule is CC(C)c1nc(N2CCCCC2C=O)cc(=O)[nH]1. The van der Waals surface area contributed by atoms with Crippen molar-refractivity contribution in [2.75, 3.05) is 11.4 Å². The summed E-state index contributed by atoms with van der Waals surface area (Å²) in [5, 5.41) is 0. The van der Waals surface area contributed by atoms with Crippen molar-refractivity contribution in [3.05, 3.63) is 22.2 Å². The van der Waals surface area contributed by atoms with Gasteiger partial charge in [-0.1, -0.05) is 13.8 Å². The van der Waals surface area contributed by atoms with Gasteiger partial charge in [0, 0.05) is 18.5 Å². The van der Waals surface area contributed by atoms with Crippen molar-refractivity contribution in [3.8, 4) is 0 Å². The Labute approximate surface area is 106 Å². The molecule has 0 spiro atoms. The van der Waals surface area contributed by atoms with Gasteiger partial charge in [0.15, 0.2) is 0 Å². The van der Waals surface area contributed by atoms with E-state index in [1.807, 2.05) is 18.7 Å². The molecule has 98 valence electrons. The lowest BCUT2D eigenvalue weighted by atomic mass is 10.0. The van der Waals surface area contributed by atoms with E-state index in [2.05, 4.69) is 9.97 Å². The fraction of sp³-hybridized carbons (Fsp3) is 0.615. The molecule has 0 radical (unpaired) electrons. The molecule has 1 N–H and O–H groups in total. The Balaban J connectivity index is 2.36. The van der Waals surface area contributed by atoms with Gasteiger partial charge in [-0.15, -0.1) is 0 Å². The summed E-state index contributed by atoms with van der Waals surface area (Å²) in [5.41, 5.74) is -0.154. The van der Waals surface area contributed by atoms with Crippen molar-refractivity contribution in [1.29, 1.82) is 0 Å². The van der Waals surface area contributed by atoms with Crippen LogP contribution in [-0.2, 0) is 4.79 Å². The molecule has 5 nitrogen and oxygen atoms in total. The van der Waals surface area contributed by atoms with Crippen LogP contribution in [0.4, 0.5) is 5.82 Å². The average molecular weight is 249 g/mol. The van der Waals surface area contributed by atoms with Gasteiger partial charge in [-0.2, -0.15) is 0 Å². The minimum atomic E-state index is -0.154. The van der Waals surface area contributed by atoms with Crippen molar-refractivity contribution < 1.29 is 4.79 Å². The van der Waals surface area contributed by atoms with Crippen molar-refractivity contribution in [3.63, 3.8) is 0 Å². The van der Waals surface area contributed by atoms with Gasteiger partial charge >= 0.3 is 0 Å². The third kappa shape index (κ3) is 2.60. The summed E-state index contributed by atoms with van der Waals surface area (Å²) in [6, 6.07) is 1.33. The molecule has 2 heterocycles. The molecule has 0 amide bonds. The normalized spacial score (nSPS) is 20.2. The van der Waals surface area contributed by atoms with E-state index in [1.54, 1.807) is 0 Å². The van der Waals surface area contributed by atoms with Crippen LogP contribution in [0.2, 0.25) is 0 Å². The van der Waals surface area contributed by atoms with Gasteiger partial charge in [0.2, 0.25) is 0 Å². The quantitative estimate of drug-likeness (QED) is 0.823.